The molecule has 0 N–H and O–H groups in total. The first-order valence-corrected chi connectivity index (χ1v) is 4.17. The predicted octanol–water partition coefficient (Wildman–Crippen LogP) is 2.76. The van der Waals surface area contributed by atoms with Gasteiger partial charge in [-0.3, -0.25) is 0 Å². The minimum absolute atomic E-state index is 0.680. The minimum atomic E-state index is 0.680. The maximum Gasteiger partial charge on any atom is 0.0268 e. The highest BCUT2D eigenvalue weighted by Crippen LogP contribution is 2.00. The van der Waals surface area contributed by atoms with Crippen LogP contribution < -0.4 is 0 Å². The molecule has 0 saturated heterocycles. The molecule has 0 amide bonds. The molecule has 0 aromatic heterocycles. The number of rotatable bonds is 1. The van der Waals surface area contributed by atoms with Crippen LogP contribution in [0.4, 0.5) is 0 Å². The van der Waals surface area contributed by atoms with E-state index in [1.165, 1.54) is 0 Å². The van der Waals surface area contributed by atoms with Crippen LogP contribution in [0.15, 0.2) is 10.2 Å². The fraction of sp³-hybridized carbons (Fsp3) is 0.500. The van der Waals surface area contributed by atoms with Crippen molar-refractivity contribution in [1.29, 1.82) is 0 Å². The molecule has 0 rings (SSSR count). The molecule has 0 radical (unpaired) electrons. The van der Waals surface area contributed by atoms with Crippen LogP contribution in [0.1, 0.15) is 6.92 Å². The van der Waals surface area contributed by atoms with Gasteiger partial charge in [0.2, 0.25) is 0 Å². The molecule has 0 spiro atoms. The van der Waals surface area contributed by atoms with Gasteiger partial charge >= 0.3 is 0 Å². The lowest BCUT2D eigenvalue weighted by atomic mass is 10.5. The molecule has 0 aliphatic heterocycles. The summed E-state index contributed by atoms with van der Waals surface area (Å²) in [6.45, 7) is 2.15. The van der Waals surface area contributed by atoms with E-state index in [0.717, 1.165) is 0 Å². The summed E-state index contributed by atoms with van der Waals surface area (Å²) in [6.07, 6.45) is 2.14. The second-order valence-electron chi connectivity index (χ2n) is 0.996. The van der Waals surface area contributed by atoms with Crippen molar-refractivity contribution in [3.05, 3.63) is 10.2 Å². The van der Waals surface area contributed by atoms with Gasteiger partial charge in [-0.15, -0.1) is 0 Å². The van der Waals surface area contributed by atoms with Gasteiger partial charge in [-0.25, -0.2) is 0 Å². The second kappa shape index (κ2) is 4.36. The molecule has 0 aromatic carbocycles. The lowest BCUT2D eigenvalue weighted by Crippen LogP contribution is -1.75. The molecule has 0 bridgehead atoms. The van der Waals surface area contributed by atoms with Gasteiger partial charge in [0.05, 0.1) is 0 Å². The van der Waals surface area contributed by atoms with Crippen molar-refractivity contribution in [1.82, 2.24) is 0 Å². The molecule has 0 nitrogen and oxygen atoms in total. The first-order chi connectivity index (χ1) is 2.77. The third-order valence-corrected chi connectivity index (χ3v) is 1.17. The van der Waals surface area contributed by atoms with E-state index in [9.17, 15) is 0 Å². The van der Waals surface area contributed by atoms with Gasteiger partial charge in [-0.1, -0.05) is 51.3 Å². The Kier molecular flexibility index (Phi) is 5.23. The highest BCUT2D eigenvalue weighted by Gasteiger charge is 1.79. The number of halogens is 2. The molecule has 6 heavy (non-hydrogen) atoms. The Labute approximate surface area is 65.7 Å². The Morgan fingerprint density at radius 3 is 2.17 bits per heavy atom. The fourth-order valence-electron chi connectivity index (χ4n) is 0.100. The van der Waals surface area contributed by atoms with E-state index in [0.29, 0.717) is 3.92 Å². The summed E-state index contributed by atoms with van der Waals surface area (Å²) in [5.74, 6) is 0. The van der Waals surface area contributed by atoms with Crippen molar-refractivity contribution in [2.75, 3.05) is 0 Å². The summed E-state index contributed by atoms with van der Waals surface area (Å²) in [6, 6.07) is 0. The molecule has 0 aliphatic carbocycles. The van der Waals surface area contributed by atoms with Crippen LogP contribution in [0.5, 0.6) is 0 Å². The molecular formula is C4H6I2. The first-order valence-electron chi connectivity index (χ1n) is 1.68. The zero-order chi connectivity index (χ0) is 4.99. The highest BCUT2D eigenvalue weighted by atomic mass is 127. The smallest absolute Gasteiger partial charge is 0.0268 e. The number of hydrogen-bond acceptors (Lipinski definition) is 0. The molecule has 0 unspecified atom stereocenters. The third kappa shape index (κ3) is 5.20. The number of hydrogen-bond donors (Lipinski definition) is 0. The molecule has 0 aliphatic rings. The topological polar surface area (TPSA) is 0 Å². The molecule has 0 aromatic rings. The Bertz CT molecular complexity index is 47.5. The van der Waals surface area contributed by atoms with Crippen LogP contribution in [-0.2, 0) is 0 Å². The lowest BCUT2D eigenvalue weighted by Gasteiger charge is -1.83. The quantitative estimate of drug-likeness (QED) is 0.516. The predicted molar refractivity (Wildman–Crippen MR) is 46.6 cm³/mol. The van der Waals surface area contributed by atoms with Crippen molar-refractivity contribution in [2.24, 2.45) is 0 Å². The summed E-state index contributed by atoms with van der Waals surface area (Å²) >= 11 is 4.57. The van der Waals surface area contributed by atoms with Crippen molar-refractivity contribution in [2.45, 2.75) is 10.8 Å². The summed E-state index contributed by atoms with van der Waals surface area (Å²) in [5, 5.41) is 0. The van der Waals surface area contributed by atoms with Crippen LogP contribution >= 0.6 is 45.2 Å². The maximum absolute atomic E-state index is 2.35. The van der Waals surface area contributed by atoms with E-state index in [4.69, 9.17) is 0 Å². The van der Waals surface area contributed by atoms with Crippen LogP contribution in [0.2, 0.25) is 0 Å². The van der Waals surface area contributed by atoms with E-state index >= 15 is 0 Å². The SMILES string of the molecule is C[C@H](I)/C=C\I. The molecule has 0 saturated carbocycles. The van der Waals surface area contributed by atoms with Gasteiger partial charge in [0, 0.05) is 3.92 Å². The molecule has 2 heteroatoms. The van der Waals surface area contributed by atoms with Gasteiger partial charge in [-0.05, 0) is 11.0 Å². The third-order valence-electron chi connectivity index (χ3n) is 0.338. The van der Waals surface area contributed by atoms with Crippen molar-refractivity contribution in [3.8, 4) is 0 Å². The Morgan fingerprint density at radius 2 is 2.17 bits per heavy atom. The van der Waals surface area contributed by atoms with E-state index in [1.807, 2.05) is 4.08 Å². The van der Waals surface area contributed by atoms with Crippen molar-refractivity contribution < 1.29 is 0 Å². The van der Waals surface area contributed by atoms with Gasteiger partial charge in [0.15, 0.2) is 0 Å². The first kappa shape index (κ1) is 7.20. The Hall–Kier alpha value is 1.20. The number of allylic oxidation sites excluding steroid dienone is 1. The summed E-state index contributed by atoms with van der Waals surface area (Å²) in [4.78, 5) is 0. The largest absolute Gasteiger partial charge is 0.0784 e. The van der Waals surface area contributed by atoms with Gasteiger partial charge in [-0.2, -0.15) is 0 Å². The van der Waals surface area contributed by atoms with E-state index in [1.54, 1.807) is 0 Å². The van der Waals surface area contributed by atoms with Crippen molar-refractivity contribution in [3.63, 3.8) is 0 Å². The van der Waals surface area contributed by atoms with E-state index < -0.39 is 0 Å². The van der Waals surface area contributed by atoms with Gasteiger partial charge in [0.25, 0.3) is 0 Å². The molecule has 0 fully saturated rings. The highest BCUT2D eigenvalue weighted by molar-refractivity contribution is 14.1. The lowest BCUT2D eigenvalue weighted by molar-refractivity contribution is 1.31. The molecule has 36 valence electrons. The fourth-order valence-corrected chi connectivity index (χ4v) is 1.73. The summed E-state index contributed by atoms with van der Waals surface area (Å²) < 4.78 is 2.72. The van der Waals surface area contributed by atoms with Gasteiger partial charge < -0.3 is 0 Å². The standard InChI is InChI=1S/C4H6I2/c1-4(6)2-3-5/h2-4H,1H3/b3-2-/t4-/m0/s1. The minimum Gasteiger partial charge on any atom is -0.0784 e. The molecular weight excluding hydrogens is 302 g/mol. The second-order valence-corrected chi connectivity index (χ2v) is 3.68. The van der Waals surface area contributed by atoms with E-state index in [2.05, 4.69) is 58.2 Å². The Morgan fingerprint density at radius 1 is 1.67 bits per heavy atom. The van der Waals surface area contributed by atoms with E-state index in [-0.39, 0.29) is 0 Å². The average Bonchev–Trinajstić information content (AvgIpc) is 1.35. The maximum atomic E-state index is 2.35. The Balaban J connectivity index is 3.03. The van der Waals surface area contributed by atoms with Crippen molar-refractivity contribution >= 4 is 45.2 Å². The normalized spacial score (nSPS) is 15.8. The molecule has 0 heterocycles. The van der Waals surface area contributed by atoms with Crippen LogP contribution in [-0.4, -0.2) is 3.92 Å². The zero-order valence-corrected chi connectivity index (χ0v) is 7.80. The summed E-state index contributed by atoms with van der Waals surface area (Å²) in [5.41, 5.74) is 0. The van der Waals surface area contributed by atoms with Crippen LogP contribution in [0.25, 0.3) is 0 Å². The zero-order valence-electron chi connectivity index (χ0n) is 3.49. The number of alkyl halides is 1. The monoisotopic (exact) mass is 308 g/mol. The average molecular weight is 308 g/mol. The van der Waals surface area contributed by atoms with Crippen LogP contribution in [0, 0.1) is 0 Å². The van der Waals surface area contributed by atoms with Gasteiger partial charge in [0.1, 0.15) is 0 Å². The molecule has 1 atom stereocenters. The summed E-state index contributed by atoms with van der Waals surface area (Å²) in [7, 11) is 0. The van der Waals surface area contributed by atoms with Crippen LogP contribution in [0.3, 0.4) is 0 Å².